The largest absolute Gasteiger partial charge is 0.370 e. The summed E-state index contributed by atoms with van der Waals surface area (Å²) in [6.07, 6.45) is 5.27. The SMILES string of the molecule is c1cc(C2=NCCCN2)ccc1CN1CCCCC1. The van der Waals surface area contributed by atoms with Crippen LogP contribution in [0.5, 0.6) is 0 Å². The third-order valence-electron chi connectivity index (χ3n) is 3.98. The standard InChI is InChI=1S/C16H23N3/c1-2-11-19(12-3-1)13-14-5-7-15(8-6-14)16-17-9-4-10-18-16/h5-8H,1-4,9-13H2,(H,17,18). The number of likely N-dealkylation sites (tertiary alicyclic amines) is 1. The zero-order valence-corrected chi connectivity index (χ0v) is 11.6. The van der Waals surface area contributed by atoms with E-state index >= 15 is 0 Å². The minimum atomic E-state index is 0.956. The number of hydrogen-bond acceptors (Lipinski definition) is 3. The molecule has 0 spiro atoms. The molecule has 1 fully saturated rings. The van der Waals surface area contributed by atoms with E-state index in [1.165, 1.54) is 43.5 Å². The first-order valence-corrected chi connectivity index (χ1v) is 7.52. The van der Waals surface area contributed by atoms with Crippen molar-refractivity contribution in [3.05, 3.63) is 35.4 Å². The Bertz CT molecular complexity index is 430. The van der Waals surface area contributed by atoms with E-state index in [4.69, 9.17) is 0 Å². The smallest absolute Gasteiger partial charge is 0.128 e. The van der Waals surface area contributed by atoms with E-state index in [9.17, 15) is 0 Å². The highest BCUT2D eigenvalue weighted by molar-refractivity contribution is 5.99. The topological polar surface area (TPSA) is 27.6 Å². The second-order valence-corrected chi connectivity index (χ2v) is 5.54. The van der Waals surface area contributed by atoms with Crippen LogP contribution < -0.4 is 5.32 Å². The maximum absolute atomic E-state index is 4.54. The molecule has 2 aliphatic rings. The maximum Gasteiger partial charge on any atom is 0.128 e. The summed E-state index contributed by atoms with van der Waals surface area (Å²) < 4.78 is 0. The fourth-order valence-corrected chi connectivity index (χ4v) is 2.87. The van der Waals surface area contributed by atoms with Crippen molar-refractivity contribution < 1.29 is 0 Å². The number of piperidine rings is 1. The van der Waals surface area contributed by atoms with Crippen LogP contribution in [0.1, 0.15) is 36.8 Å². The van der Waals surface area contributed by atoms with Crippen LogP contribution >= 0.6 is 0 Å². The van der Waals surface area contributed by atoms with Crippen molar-refractivity contribution in [3.63, 3.8) is 0 Å². The van der Waals surface area contributed by atoms with E-state index in [-0.39, 0.29) is 0 Å². The molecule has 2 heterocycles. The molecule has 3 rings (SSSR count). The van der Waals surface area contributed by atoms with Crippen LogP contribution in [0.3, 0.4) is 0 Å². The van der Waals surface area contributed by atoms with Crippen LogP contribution in [0, 0.1) is 0 Å². The van der Waals surface area contributed by atoms with Crippen LogP contribution in [0.15, 0.2) is 29.3 Å². The highest BCUT2D eigenvalue weighted by Crippen LogP contribution is 2.14. The Morgan fingerprint density at radius 3 is 2.47 bits per heavy atom. The first kappa shape index (κ1) is 12.7. The minimum absolute atomic E-state index is 0.956. The molecular weight excluding hydrogens is 234 g/mol. The molecule has 3 heteroatoms. The van der Waals surface area contributed by atoms with Crippen LogP contribution in [0.25, 0.3) is 0 Å². The Labute approximate surface area is 115 Å². The normalized spacial score (nSPS) is 20.7. The highest BCUT2D eigenvalue weighted by Gasteiger charge is 2.11. The molecule has 0 amide bonds. The van der Waals surface area contributed by atoms with Gasteiger partial charge in [-0.15, -0.1) is 0 Å². The molecule has 0 radical (unpaired) electrons. The van der Waals surface area contributed by atoms with Gasteiger partial charge in [0.25, 0.3) is 0 Å². The molecule has 0 bridgehead atoms. The summed E-state index contributed by atoms with van der Waals surface area (Å²) in [4.78, 5) is 7.10. The molecule has 3 nitrogen and oxygen atoms in total. The molecule has 1 saturated heterocycles. The van der Waals surface area contributed by atoms with E-state index in [0.717, 1.165) is 31.9 Å². The molecule has 0 unspecified atom stereocenters. The number of amidine groups is 1. The lowest BCUT2D eigenvalue weighted by Gasteiger charge is -2.26. The number of hydrogen-bond donors (Lipinski definition) is 1. The summed E-state index contributed by atoms with van der Waals surface area (Å²) >= 11 is 0. The summed E-state index contributed by atoms with van der Waals surface area (Å²) in [5, 5.41) is 3.38. The zero-order valence-electron chi connectivity index (χ0n) is 11.6. The first-order valence-electron chi connectivity index (χ1n) is 7.52. The Morgan fingerprint density at radius 1 is 1.00 bits per heavy atom. The Balaban J connectivity index is 1.63. The minimum Gasteiger partial charge on any atom is -0.370 e. The summed E-state index contributed by atoms with van der Waals surface area (Å²) in [6.45, 7) is 5.62. The predicted molar refractivity (Wildman–Crippen MR) is 79.6 cm³/mol. The molecule has 0 aliphatic carbocycles. The fraction of sp³-hybridized carbons (Fsp3) is 0.562. The number of rotatable bonds is 3. The zero-order chi connectivity index (χ0) is 12.9. The second kappa shape index (κ2) is 6.20. The quantitative estimate of drug-likeness (QED) is 0.900. The maximum atomic E-state index is 4.54. The van der Waals surface area contributed by atoms with E-state index < -0.39 is 0 Å². The molecular formula is C16H23N3. The average Bonchev–Trinajstić information content (AvgIpc) is 2.50. The van der Waals surface area contributed by atoms with Gasteiger partial charge < -0.3 is 5.32 Å². The van der Waals surface area contributed by atoms with Crippen molar-refractivity contribution in [2.24, 2.45) is 4.99 Å². The lowest BCUT2D eigenvalue weighted by molar-refractivity contribution is 0.221. The predicted octanol–water partition coefficient (Wildman–Crippen LogP) is 2.41. The van der Waals surface area contributed by atoms with Gasteiger partial charge in [-0.3, -0.25) is 9.89 Å². The third-order valence-corrected chi connectivity index (χ3v) is 3.98. The van der Waals surface area contributed by atoms with Gasteiger partial charge >= 0.3 is 0 Å². The first-order chi connectivity index (χ1) is 9.42. The lowest BCUT2D eigenvalue weighted by atomic mass is 10.1. The van der Waals surface area contributed by atoms with Gasteiger partial charge in [0.2, 0.25) is 0 Å². The Hall–Kier alpha value is -1.35. The van der Waals surface area contributed by atoms with E-state index in [1.54, 1.807) is 0 Å². The van der Waals surface area contributed by atoms with Gasteiger partial charge in [0.1, 0.15) is 5.84 Å². The molecule has 19 heavy (non-hydrogen) atoms. The summed E-state index contributed by atoms with van der Waals surface area (Å²) in [6, 6.07) is 8.92. The number of nitrogens with one attached hydrogen (secondary N) is 1. The van der Waals surface area contributed by atoms with Crippen molar-refractivity contribution >= 4 is 5.84 Å². The molecule has 1 aromatic rings. The van der Waals surface area contributed by atoms with Crippen LogP contribution in [-0.2, 0) is 6.54 Å². The van der Waals surface area contributed by atoms with Gasteiger partial charge in [0, 0.05) is 25.2 Å². The number of aliphatic imine (C=N–C) groups is 1. The summed E-state index contributed by atoms with van der Waals surface area (Å²) in [5.41, 5.74) is 2.64. The van der Waals surface area contributed by atoms with Gasteiger partial charge in [0.15, 0.2) is 0 Å². The van der Waals surface area contributed by atoms with Crippen LogP contribution in [-0.4, -0.2) is 36.9 Å². The molecule has 0 saturated carbocycles. The average molecular weight is 257 g/mol. The second-order valence-electron chi connectivity index (χ2n) is 5.54. The Kier molecular flexibility index (Phi) is 4.13. The van der Waals surface area contributed by atoms with E-state index in [1.807, 2.05) is 0 Å². The third kappa shape index (κ3) is 3.35. The molecule has 2 aliphatic heterocycles. The van der Waals surface area contributed by atoms with Crippen molar-refractivity contribution in [2.75, 3.05) is 26.2 Å². The van der Waals surface area contributed by atoms with Gasteiger partial charge in [-0.2, -0.15) is 0 Å². The summed E-state index contributed by atoms with van der Waals surface area (Å²) in [7, 11) is 0. The van der Waals surface area contributed by atoms with E-state index in [2.05, 4.69) is 39.5 Å². The monoisotopic (exact) mass is 257 g/mol. The highest BCUT2D eigenvalue weighted by atomic mass is 15.1. The van der Waals surface area contributed by atoms with Crippen LogP contribution in [0.2, 0.25) is 0 Å². The van der Waals surface area contributed by atoms with Crippen LogP contribution in [0.4, 0.5) is 0 Å². The molecule has 0 aromatic heterocycles. The van der Waals surface area contributed by atoms with Gasteiger partial charge in [0.05, 0.1) is 0 Å². The molecule has 102 valence electrons. The van der Waals surface area contributed by atoms with Crippen molar-refractivity contribution in [1.29, 1.82) is 0 Å². The Morgan fingerprint density at radius 2 is 1.79 bits per heavy atom. The van der Waals surface area contributed by atoms with Crippen molar-refractivity contribution in [2.45, 2.75) is 32.2 Å². The number of benzene rings is 1. The van der Waals surface area contributed by atoms with Crippen molar-refractivity contribution in [1.82, 2.24) is 10.2 Å². The van der Waals surface area contributed by atoms with Gasteiger partial charge in [-0.25, -0.2) is 0 Å². The molecule has 1 aromatic carbocycles. The fourth-order valence-electron chi connectivity index (χ4n) is 2.87. The lowest BCUT2D eigenvalue weighted by Crippen LogP contribution is -2.30. The molecule has 0 atom stereocenters. The summed E-state index contributed by atoms with van der Waals surface area (Å²) in [5.74, 6) is 1.07. The number of nitrogens with zero attached hydrogens (tertiary/aromatic N) is 2. The van der Waals surface area contributed by atoms with E-state index in [0.29, 0.717) is 0 Å². The van der Waals surface area contributed by atoms with Gasteiger partial charge in [-0.05, 0) is 37.9 Å². The molecule has 1 N–H and O–H groups in total. The van der Waals surface area contributed by atoms with Gasteiger partial charge in [-0.1, -0.05) is 30.7 Å². The van der Waals surface area contributed by atoms with Crippen molar-refractivity contribution in [3.8, 4) is 0 Å².